The average molecular weight is 413 g/mol. The number of nitrogens with zero attached hydrogens (tertiary/aromatic N) is 1. The summed E-state index contributed by atoms with van der Waals surface area (Å²) < 4.78 is 44.2. The van der Waals surface area contributed by atoms with Crippen molar-refractivity contribution in [2.75, 3.05) is 29.9 Å². The minimum Gasteiger partial charge on any atom is -0.454 e. The van der Waals surface area contributed by atoms with Crippen LogP contribution in [-0.4, -0.2) is 43.5 Å². The van der Waals surface area contributed by atoms with E-state index < -0.39 is 36.3 Å². The van der Waals surface area contributed by atoms with Gasteiger partial charge >= 0.3 is 12.1 Å². The Labute approximate surface area is 165 Å². The number of nitrogens with one attached hydrogen (secondary N) is 2. The van der Waals surface area contributed by atoms with Gasteiger partial charge in [0, 0.05) is 19.5 Å². The summed E-state index contributed by atoms with van der Waals surface area (Å²) in [6.07, 6.45) is -1.18. The molecule has 2 saturated heterocycles. The Hall–Kier alpha value is -2.78. The van der Waals surface area contributed by atoms with Crippen LogP contribution in [-0.2, 0) is 25.3 Å². The van der Waals surface area contributed by atoms with E-state index in [2.05, 4.69) is 10.6 Å². The zero-order valence-corrected chi connectivity index (χ0v) is 15.7. The van der Waals surface area contributed by atoms with Gasteiger partial charge in [0.15, 0.2) is 6.61 Å². The summed E-state index contributed by atoms with van der Waals surface area (Å²) >= 11 is 0. The van der Waals surface area contributed by atoms with E-state index in [9.17, 15) is 27.6 Å². The van der Waals surface area contributed by atoms with E-state index in [0.717, 1.165) is 31.4 Å². The van der Waals surface area contributed by atoms with Crippen LogP contribution < -0.4 is 15.5 Å². The molecule has 29 heavy (non-hydrogen) atoms. The van der Waals surface area contributed by atoms with E-state index in [-0.39, 0.29) is 24.4 Å². The number of esters is 1. The van der Waals surface area contributed by atoms with Crippen LogP contribution in [0.3, 0.4) is 0 Å². The van der Waals surface area contributed by atoms with E-state index in [1.807, 2.05) is 4.90 Å². The van der Waals surface area contributed by atoms with Crippen LogP contribution in [0, 0.1) is 0 Å². The Bertz CT molecular complexity index is 791. The Balaban J connectivity index is 1.69. The monoisotopic (exact) mass is 413 g/mol. The fourth-order valence-corrected chi connectivity index (χ4v) is 3.44. The maximum absolute atomic E-state index is 13.1. The molecule has 2 aliphatic heterocycles. The summed E-state index contributed by atoms with van der Waals surface area (Å²) in [5, 5.41) is 4.86. The van der Waals surface area contributed by atoms with Crippen LogP contribution in [0.2, 0.25) is 0 Å². The third kappa shape index (κ3) is 5.39. The van der Waals surface area contributed by atoms with Gasteiger partial charge in [0.1, 0.15) is 6.04 Å². The molecule has 2 N–H and O–H groups in total. The van der Waals surface area contributed by atoms with Crippen LogP contribution in [0.1, 0.15) is 37.7 Å². The molecule has 0 aromatic heterocycles. The Morgan fingerprint density at radius 1 is 1.21 bits per heavy atom. The number of piperidine rings is 1. The molecule has 2 amide bonds. The standard InChI is InChI=1S/C19H22F3N3O4/c20-19(21,22)12-4-6-15(25-8-2-1-3-9-25)14(10-12)24-17(27)11-29-18(28)13-5-7-16(26)23-13/h4,6,10,13H,1-3,5,7-9,11H2,(H,23,26)(H,24,27)/t13-/m0/s1. The second-order valence-corrected chi connectivity index (χ2v) is 7.09. The lowest BCUT2D eigenvalue weighted by molar-refractivity contribution is -0.149. The highest BCUT2D eigenvalue weighted by molar-refractivity contribution is 5.97. The number of anilines is 2. The summed E-state index contributed by atoms with van der Waals surface area (Å²) in [7, 11) is 0. The first kappa shape index (κ1) is 20.9. The maximum Gasteiger partial charge on any atom is 0.416 e. The summed E-state index contributed by atoms with van der Waals surface area (Å²) in [6.45, 7) is 0.718. The van der Waals surface area contributed by atoms with Gasteiger partial charge in [-0.2, -0.15) is 13.2 Å². The minimum atomic E-state index is -4.55. The molecule has 10 heteroatoms. The third-order valence-corrected chi connectivity index (χ3v) is 4.92. The number of alkyl halides is 3. The fraction of sp³-hybridized carbons (Fsp3) is 0.526. The molecule has 0 bridgehead atoms. The third-order valence-electron chi connectivity index (χ3n) is 4.92. The van der Waals surface area contributed by atoms with Gasteiger partial charge in [-0.05, 0) is 43.9 Å². The Kier molecular flexibility index (Phi) is 6.29. The predicted octanol–water partition coefficient (Wildman–Crippen LogP) is 2.46. The molecule has 2 heterocycles. The zero-order valence-electron chi connectivity index (χ0n) is 15.7. The molecular weight excluding hydrogens is 391 g/mol. The molecule has 2 aliphatic rings. The van der Waals surface area contributed by atoms with Crippen molar-refractivity contribution >= 4 is 29.2 Å². The van der Waals surface area contributed by atoms with Gasteiger partial charge in [0.2, 0.25) is 5.91 Å². The number of amides is 2. The number of carbonyl (C=O) groups is 3. The molecule has 7 nitrogen and oxygen atoms in total. The first-order valence-corrected chi connectivity index (χ1v) is 9.46. The normalized spacial score (nSPS) is 19.6. The van der Waals surface area contributed by atoms with Crippen molar-refractivity contribution in [2.45, 2.75) is 44.3 Å². The van der Waals surface area contributed by atoms with Crippen LogP contribution in [0.15, 0.2) is 18.2 Å². The topological polar surface area (TPSA) is 87.7 Å². The van der Waals surface area contributed by atoms with Crippen LogP contribution >= 0.6 is 0 Å². The maximum atomic E-state index is 13.1. The number of benzene rings is 1. The van der Waals surface area contributed by atoms with Crippen molar-refractivity contribution in [3.8, 4) is 0 Å². The molecule has 0 saturated carbocycles. The summed E-state index contributed by atoms with van der Waals surface area (Å²) in [4.78, 5) is 37.2. The average Bonchev–Trinajstić information content (AvgIpc) is 3.12. The lowest BCUT2D eigenvalue weighted by Crippen LogP contribution is -2.36. The SMILES string of the molecule is O=C(COC(=O)[C@@H]1CCC(=O)N1)Nc1cc(C(F)(F)F)ccc1N1CCCCC1. The van der Waals surface area contributed by atoms with Crippen LogP contribution in [0.25, 0.3) is 0 Å². The lowest BCUT2D eigenvalue weighted by atomic mass is 10.1. The Morgan fingerprint density at radius 2 is 1.93 bits per heavy atom. The molecule has 1 aromatic carbocycles. The first-order valence-electron chi connectivity index (χ1n) is 9.46. The molecule has 1 atom stereocenters. The molecule has 0 unspecified atom stereocenters. The smallest absolute Gasteiger partial charge is 0.416 e. The molecule has 2 fully saturated rings. The lowest BCUT2D eigenvalue weighted by Gasteiger charge is -2.31. The molecule has 158 valence electrons. The van der Waals surface area contributed by atoms with Crippen molar-refractivity contribution in [3.63, 3.8) is 0 Å². The molecular formula is C19H22F3N3O4. The quantitative estimate of drug-likeness (QED) is 0.724. The second-order valence-electron chi connectivity index (χ2n) is 7.09. The van der Waals surface area contributed by atoms with Gasteiger partial charge in [-0.25, -0.2) is 4.79 Å². The number of rotatable bonds is 5. The van der Waals surface area contributed by atoms with Crippen molar-refractivity contribution in [2.24, 2.45) is 0 Å². The van der Waals surface area contributed by atoms with Gasteiger partial charge in [-0.3, -0.25) is 9.59 Å². The number of ether oxygens (including phenoxy) is 1. The molecule has 0 spiro atoms. The first-order chi connectivity index (χ1) is 13.7. The van der Waals surface area contributed by atoms with Gasteiger partial charge in [-0.15, -0.1) is 0 Å². The highest BCUT2D eigenvalue weighted by Crippen LogP contribution is 2.36. The summed E-state index contributed by atoms with van der Waals surface area (Å²) in [5.74, 6) is -1.77. The summed E-state index contributed by atoms with van der Waals surface area (Å²) in [5.41, 5.74) is -0.350. The van der Waals surface area contributed by atoms with Crippen LogP contribution in [0.4, 0.5) is 24.5 Å². The van der Waals surface area contributed by atoms with Crippen molar-refractivity contribution < 1.29 is 32.3 Å². The molecule has 3 rings (SSSR count). The molecule has 0 aliphatic carbocycles. The van der Waals surface area contributed by atoms with Gasteiger partial charge in [0.05, 0.1) is 16.9 Å². The van der Waals surface area contributed by atoms with E-state index in [1.165, 1.54) is 6.07 Å². The Morgan fingerprint density at radius 3 is 2.55 bits per heavy atom. The fourth-order valence-electron chi connectivity index (χ4n) is 3.44. The molecule has 1 aromatic rings. The number of carbonyl (C=O) groups excluding carboxylic acids is 3. The van der Waals surface area contributed by atoms with Crippen molar-refractivity contribution in [1.29, 1.82) is 0 Å². The largest absolute Gasteiger partial charge is 0.454 e. The highest BCUT2D eigenvalue weighted by atomic mass is 19.4. The van der Waals surface area contributed by atoms with Crippen LogP contribution in [0.5, 0.6) is 0 Å². The second kappa shape index (κ2) is 8.71. The summed E-state index contributed by atoms with van der Waals surface area (Å²) in [6, 6.07) is 2.43. The van der Waals surface area contributed by atoms with E-state index in [4.69, 9.17) is 4.74 Å². The van der Waals surface area contributed by atoms with Gasteiger partial charge in [-0.1, -0.05) is 0 Å². The van der Waals surface area contributed by atoms with E-state index >= 15 is 0 Å². The minimum absolute atomic E-state index is 0.0249. The number of hydrogen-bond donors (Lipinski definition) is 2. The van der Waals surface area contributed by atoms with Crippen molar-refractivity contribution in [1.82, 2.24) is 5.32 Å². The van der Waals surface area contributed by atoms with Gasteiger partial charge < -0.3 is 20.3 Å². The predicted molar refractivity (Wildman–Crippen MR) is 98.3 cm³/mol. The zero-order chi connectivity index (χ0) is 21.0. The van der Waals surface area contributed by atoms with E-state index in [1.54, 1.807) is 0 Å². The number of hydrogen-bond acceptors (Lipinski definition) is 5. The number of halogens is 3. The molecule has 0 radical (unpaired) electrons. The van der Waals surface area contributed by atoms with Crippen molar-refractivity contribution in [3.05, 3.63) is 23.8 Å². The highest BCUT2D eigenvalue weighted by Gasteiger charge is 2.32. The van der Waals surface area contributed by atoms with E-state index in [0.29, 0.717) is 18.8 Å². The van der Waals surface area contributed by atoms with Gasteiger partial charge in [0.25, 0.3) is 5.91 Å².